The summed E-state index contributed by atoms with van der Waals surface area (Å²) in [7, 11) is 0. The average molecular weight is 290 g/mol. The molecule has 0 aliphatic heterocycles. The molecule has 106 valence electrons. The number of aryl methyl sites for hydroxylation is 3. The van der Waals surface area contributed by atoms with E-state index in [2.05, 4.69) is 20.5 Å². The predicted octanol–water partition coefficient (Wildman–Crippen LogP) is 2.48. The van der Waals surface area contributed by atoms with Crippen LogP contribution >= 0.6 is 11.3 Å². The van der Waals surface area contributed by atoms with E-state index in [1.807, 2.05) is 39.3 Å². The summed E-state index contributed by atoms with van der Waals surface area (Å²) in [6.45, 7) is 7.80. The van der Waals surface area contributed by atoms with Gasteiger partial charge in [0, 0.05) is 28.5 Å². The van der Waals surface area contributed by atoms with Crippen LogP contribution in [0.2, 0.25) is 0 Å². The molecule has 0 spiro atoms. The van der Waals surface area contributed by atoms with Crippen LogP contribution in [0.5, 0.6) is 0 Å². The van der Waals surface area contributed by atoms with Gasteiger partial charge < -0.3 is 4.98 Å². The molecule has 0 bridgehead atoms. The number of amides is 1. The van der Waals surface area contributed by atoms with Crippen molar-refractivity contribution >= 4 is 23.0 Å². The highest BCUT2D eigenvalue weighted by Gasteiger charge is 2.09. The molecule has 0 fully saturated rings. The molecular weight excluding hydrogens is 272 g/mol. The molecule has 6 heteroatoms. The number of hydrogen-bond acceptors (Lipinski definition) is 4. The zero-order chi connectivity index (χ0) is 14.7. The molecule has 0 aliphatic carbocycles. The molecule has 2 aromatic rings. The van der Waals surface area contributed by atoms with Crippen molar-refractivity contribution in [3.05, 3.63) is 39.1 Å². The van der Waals surface area contributed by atoms with E-state index in [4.69, 9.17) is 0 Å². The lowest BCUT2D eigenvalue weighted by Crippen LogP contribution is -2.21. The van der Waals surface area contributed by atoms with Crippen molar-refractivity contribution in [3.8, 4) is 0 Å². The highest BCUT2D eigenvalue weighted by molar-refractivity contribution is 7.09. The summed E-state index contributed by atoms with van der Waals surface area (Å²) in [6, 6.07) is 0. The molecule has 0 unspecified atom stereocenters. The first-order valence-electron chi connectivity index (χ1n) is 6.36. The van der Waals surface area contributed by atoms with E-state index in [9.17, 15) is 4.79 Å². The van der Waals surface area contributed by atoms with Crippen LogP contribution < -0.4 is 5.43 Å². The van der Waals surface area contributed by atoms with Crippen molar-refractivity contribution in [2.45, 2.75) is 34.1 Å². The van der Waals surface area contributed by atoms with Crippen LogP contribution in [0.3, 0.4) is 0 Å². The first-order valence-corrected chi connectivity index (χ1v) is 7.24. The summed E-state index contributed by atoms with van der Waals surface area (Å²) in [5.41, 5.74) is 7.54. The molecule has 0 aromatic carbocycles. The van der Waals surface area contributed by atoms with Gasteiger partial charge in [-0.05, 0) is 33.3 Å². The quantitative estimate of drug-likeness (QED) is 0.671. The molecular formula is C14H18N4OS. The van der Waals surface area contributed by atoms with Gasteiger partial charge in [0.25, 0.3) is 0 Å². The summed E-state index contributed by atoms with van der Waals surface area (Å²) >= 11 is 1.49. The third-order valence-electron chi connectivity index (χ3n) is 2.96. The van der Waals surface area contributed by atoms with E-state index >= 15 is 0 Å². The van der Waals surface area contributed by atoms with E-state index in [1.54, 1.807) is 0 Å². The monoisotopic (exact) mass is 290 g/mol. The maximum Gasteiger partial charge on any atom is 0.246 e. The third-order valence-corrected chi connectivity index (χ3v) is 3.93. The summed E-state index contributed by atoms with van der Waals surface area (Å²) < 4.78 is 0. The van der Waals surface area contributed by atoms with Crippen LogP contribution in [0.15, 0.2) is 16.7 Å². The Morgan fingerprint density at radius 1 is 1.45 bits per heavy atom. The van der Waals surface area contributed by atoms with Crippen molar-refractivity contribution in [1.82, 2.24) is 15.4 Å². The first-order chi connectivity index (χ1) is 9.47. The summed E-state index contributed by atoms with van der Waals surface area (Å²) in [6.07, 6.45) is 2.20. The second-order valence-electron chi connectivity index (χ2n) is 4.76. The van der Waals surface area contributed by atoms with Crippen LogP contribution in [-0.2, 0) is 11.2 Å². The summed E-state index contributed by atoms with van der Waals surface area (Å²) in [5.74, 6) is -0.149. The SMILES string of the molecule is C/C(=N\NC(=O)Cc1nc(C)cs1)c1c(C)c[nH]c1C. The molecule has 0 saturated heterocycles. The van der Waals surface area contributed by atoms with Gasteiger partial charge in [0.1, 0.15) is 5.01 Å². The van der Waals surface area contributed by atoms with Gasteiger partial charge in [-0.2, -0.15) is 5.10 Å². The minimum absolute atomic E-state index is 0.149. The number of thiazole rings is 1. The van der Waals surface area contributed by atoms with Crippen molar-refractivity contribution in [1.29, 1.82) is 0 Å². The predicted molar refractivity (Wildman–Crippen MR) is 81.2 cm³/mol. The van der Waals surface area contributed by atoms with Crippen LogP contribution in [0, 0.1) is 20.8 Å². The maximum absolute atomic E-state index is 11.8. The number of hydrogen-bond donors (Lipinski definition) is 2. The largest absolute Gasteiger partial charge is 0.364 e. The number of nitrogens with one attached hydrogen (secondary N) is 2. The van der Waals surface area contributed by atoms with Crippen LogP contribution in [-0.4, -0.2) is 21.6 Å². The van der Waals surface area contributed by atoms with Crippen molar-refractivity contribution in [3.63, 3.8) is 0 Å². The van der Waals surface area contributed by atoms with Gasteiger partial charge in [-0.15, -0.1) is 11.3 Å². The molecule has 0 saturated carbocycles. The third kappa shape index (κ3) is 3.33. The lowest BCUT2D eigenvalue weighted by molar-refractivity contribution is -0.120. The second kappa shape index (κ2) is 6.00. The molecule has 0 radical (unpaired) electrons. The lowest BCUT2D eigenvalue weighted by atomic mass is 10.1. The molecule has 0 atom stereocenters. The highest BCUT2D eigenvalue weighted by atomic mass is 32.1. The number of carbonyl (C=O) groups excluding carboxylic acids is 1. The van der Waals surface area contributed by atoms with E-state index in [-0.39, 0.29) is 12.3 Å². The van der Waals surface area contributed by atoms with Gasteiger partial charge in [0.15, 0.2) is 0 Å². The molecule has 2 N–H and O–H groups in total. The number of hydrazone groups is 1. The second-order valence-corrected chi connectivity index (χ2v) is 5.71. The van der Waals surface area contributed by atoms with E-state index in [1.165, 1.54) is 11.3 Å². The number of carbonyl (C=O) groups is 1. The fraction of sp³-hybridized carbons (Fsp3) is 0.357. The standard InChI is InChI=1S/C14H18N4OS/c1-8-6-15-10(3)14(8)11(4)17-18-12(19)5-13-16-9(2)7-20-13/h6-7,15H,5H2,1-4H3,(H,18,19)/b17-11+. The Bertz CT molecular complexity index is 634. The van der Waals surface area contributed by atoms with Gasteiger partial charge >= 0.3 is 0 Å². The van der Waals surface area contributed by atoms with Crippen molar-refractivity contribution < 1.29 is 4.79 Å². The van der Waals surface area contributed by atoms with Crippen LogP contribution in [0.25, 0.3) is 0 Å². The Hall–Kier alpha value is -1.95. The number of nitrogens with zero attached hydrogens (tertiary/aromatic N) is 2. The molecule has 2 rings (SSSR count). The zero-order valence-corrected chi connectivity index (χ0v) is 12.9. The molecule has 20 heavy (non-hydrogen) atoms. The zero-order valence-electron chi connectivity index (χ0n) is 12.1. The van der Waals surface area contributed by atoms with E-state index in [0.717, 1.165) is 33.2 Å². The Kier molecular flexibility index (Phi) is 4.34. The Balaban J connectivity index is 2.00. The Morgan fingerprint density at radius 3 is 2.75 bits per heavy atom. The molecule has 2 aromatic heterocycles. The van der Waals surface area contributed by atoms with Gasteiger partial charge in [0.2, 0.25) is 5.91 Å². The Morgan fingerprint density at radius 2 is 2.20 bits per heavy atom. The Labute approximate surface area is 122 Å². The lowest BCUT2D eigenvalue weighted by Gasteiger charge is -2.03. The number of H-pyrrole nitrogens is 1. The minimum atomic E-state index is -0.149. The number of rotatable bonds is 4. The van der Waals surface area contributed by atoms with E-state index in [0.29, 0.717) is 0 Å². The minimum Gasteiger partial charge on any atom is -0.364 e. The molecule has 2 heterocycles. The first kappa shape index (κ1) is 14.5. The maximum atomic E-state index is 11.8. The van der Waals surface area contributed by atoms with Crippen molar-refractivity contribution in [2.24, 2.45) is 5.10 Å². The highest BCUT2D eigenvalue weighted by Crippen LogP contribution is 2.13. The van der Waals surface area contributed by atoms with Crippen LogP contribution in [0.4, 0.5) is 0 Å². The van der Waals surface area contributed by atoms with Crippen LogP contribution in [0.1, 0.15) is 34.4 Å². The smallest absolute Gasteiger partial charge is 0.246 e. The fourth-order valence-electron chi connectivity index (χ4n) is 2.08. The fourth-order valence-corrected chi connectivity index (χ4v) is 2.85. The van der Waals surface area contributed by atoms with E-state index < -0.39 is 0 Å². The van der Waals surface area contributed by atoms with Gasteiger partial charge in [-0.25, -0.2) is 10.4 Å². The molecule has 0 aliphatic rings. The molecule has 5 nitrogen and oxygen atoms in total. The average Bonchev–Trinajstić information content (AvgIpc) is 2.93. The van der Waals surface area contributed by atoms with Gasteiger partial charge in [-0.3, -0.25) is 4.79 Å². The summed E-state index contributed by atoms with van der Waals surface area (Å²) in [5, 5.41) is 6.91. The normalized spacial score (nSPS) is 11.7. The van der Waals surface area contributed by atoms with Crippen molar-refractivity contribution in [2.75, 3.05) is 0 Å². The number of aromatic nitrogens is 2. The topological polar surface area (TPSA) is 70.1 Å². The van der Waals surface area contributed by atoms with Gasteiger partial charge in [0.05, 0.1) is 12.1 Å². The molecule has 1 amide bonds. The number of aromatic amines is 1. The summed E-state index contributed by atoms with van der Waals surface area (Å²) in [4.78, 5) is 19.2. The van der Waals surface area contributed by atoms with Gasteiger partial charge in [-0.1, -0.05) is 0 Å².